The molecule has 6 rings (SSSR count). The molecule has 0 unspecified atom stereocenters. The van der Waals surface area contributed by atoms with Gasteiger partial charge in [-0.25, -0.2) is 33.2 Å². The van der Waals surface area contributed by atoms with Crippen LogP contribution in [0.5, 0.6) is 5.88 Å². The van der Waals surface area contributed by atoms with Gasteiger partial charge in [0.15, 0.2) is 5.78 Å². The van der Waals surface area contributed by atoms with Gasteiger partial charge in [0.05, 0.1) is 23.9 Å². The van der Waals surface area contributed by atoms with Crippen molar-refractivity contribution in [3.63, 3.8) is 0 Å². The number of carbonyl (C=O) groups excluding carboxylic acids is 1. The first-order chi connectivity index (χ1) is 26.1. The van der Waals surface area contributed by atoms with Gasteiger partial charge in [-0.05, 0) is 88.3 Å². The number of carbonyl (C=O) groups is 1. The zero-order valence-electron chi connectivity index (χ0n) is 29.8. The van der Waals surface area contributed by atoms with E-state index in [-0.39, 0.29) is 5.78 Å². The number of benzene rings is 1. The summed E-state index contributed by atoms with van der Waals surface area (Å²) in [6, 6.07) is 9.30. The van der Waals surface area contributed by atoms with Gasteiger partial charge in [-0.1, -0.05) is 11.6 Å². The molecule has 0 atom stereocenters. The normalized spacial score (nSPS) is 16.5. The van der Waals surface area contributed by atoms with E-state index in [1.54, 1.807) is 13.2 Å². The molecular weight excluding hydrogens is 866 g/mol. The number of fused-ring (bicyclic) bond motifs is 2. The number of ether oxygens (including phenoxy) is 1. The van der Waals surface area contributed by atoms with E-state index in [1.807, 2.05) is 36.4 Å². The Balaban J connectivity index is 0.000000465. The smallest absolute Gasteiger partial charge is 0.466 e. The molecule has 0 spiro atoms. The molecule has 2 saturated heterocycles. The monoisotopic (exact) mass is 907 g/mol. The third kappa shape index (κ3) is 22.3. The Morgan fingerprint density at radius 1 is 0.667 bits per heavy atom. The first-order valence-corrected chi connectivity index (χ1v) is 22.8. The van der Waals surface area contributed by atoms with Crippen molar-refractivity contribution in [1.82, 2.24) is 19.8 Å². The molecule has 12 N–H and O–H groups in total. The minimum atomic E-state index is -4.64. The number of likely N-dealkylation sites (tertiary alicyclic amines) is 2. The summed E-state index contributed by atoms with van der Waals surface area (Å²) in [6.45, 7) is 5.46. The number of pyridine rings is 2. The lowest BCUT2D eigenvalue weighted by Gasteiger charge is -2.23. The third-order valence-corrected chi connectivity index (χ3v) is 7.63. The summed E-state index contributed by atoms with van der Waals surface area (Å²) in [4.78, 5) is 119. The highest BCUT2D eigenvalue weighted by Crippen LogP contribution is 2.35. The number of aliphatic imine (C=N–C) groups is 1. The first kappa shape index (κ1) is 50.5. The van der Waals surface area contributed by atoms with Crippen LogP contribution in [0.3, 0.4) is 0 Å². The van der Waals surface area contributed by atoms with E-state index in [2.05, 4.69) is 9.80 Å². The quantitative estimate of drug-likeness (QED) is 0.0945. The number of Topliss-reactive ketones (excluding diaryl/α,β-unsaturated/α-hetero) is 1. The number of ketones is 1. The van der Waals surface area contributed by atoms with Crippen molar-refractivity contribution < 1.29 is 86.5 Å². The molecule has 1 aliphatic carbocycles. The lowest BCUT2D eigenvalue weighted by atomic mass is 9.94. The number of rotatable bonds is 6. The molecule has 2 aromatic heterocycles. The molecule has 4 heterocycles. The van der Waals surface area contributed by atoms with Crippen LogP contribution in [-0.4, -0.2) is 136 Å². The van der Waals surface area contributed by atoms with E-state index in [1.165, 1.54) is 25.7 Å². The molecular formula is C29H42ClN5O18P4. The Morgan fingerprint density at radius 3 is 1.49 bits per heavy atom. The third-order valence-electron chi connectivity index (χ3n) is 7.39. The number of nitrogens with zero attached hydrogens (tertiary/aromatic N) is 5. The number of allylic oxidation sites excluding steroid dienone is 2. The van der Waals surface area contributed by atoms with Crippen molar-refractivity contribution in [1.29, 1.82) is 0 Å². The van der Waals surface area contributed by atoms with Gasteiger partial charge in [0.1, 0.15) is 11.2 Å². The minimum Gasteiger partial charge on any atom is -0.481 e. The molecule has 23 nitrogen and oxygen atoms in total. The second kappa shape index (κ2) is 22.1. The topological polar surface area (TPSA) is 382 Å². The summed E-state index contributed by atoms with van der Waals surface area (Å²) in [5.41, 5.74) is 5.21. The van der Waals surface area contributed by atoms with Gasteiger partial charge in [-0.15, -0.1) is 0 Å². The molecule has 3 aliphatic rings. The summed E-state index contributed by atoms with van der Waals surface area (Å²) in [5.74, 6) is 0.646. The van der Waals surface area contributed by atoms with Crippen LogP contribution in [0, 0.1) is 0 Å². The second-order valence-electron chi connectivity index (χ2n) is 12.1. The number of methoxy groups -OCH3 is 1. The summed E-state index contributed by atoms with van der Waals surface area (Å²) in [6.07, 6.45) is 8.66. The van der Waals surface area contributed by atoms with Crippen molar-refractivity contribution in [2.24, 2.45) is 4.99 Å². The van der Waals surface area contributed by atoms with Crippen LogP contribution >= 0.6 is 42.9 Å². The fourth-order valence-corrected chi connectivity index (χ4v) is 5.67. The molecule has 3 aromatic rings. The maximum Gasteiger partial charge on any atom is 0.466 e. The van der Waals surface area contributed by atoms with Gasteiger partial charge in [0.25, 0.3) is 0 Å². The van der Waals surface area contributed by atoms with Gasteiger partial charge in [-0.2, -0.15) is 0 Å². The molecule has 318 valence electrons. The van der Waals surface area contributed by atoms with Gasteiger partial charge in [-0.3, -0.25) is 14.6 Å². The van der Waals surface area contributed by atoms with Crippen LogP contribution in [-0.2, 0) is 23.1 Å². The molecule has 57 heavy (non-hydrogen) atoms. The minimum absolute atomic E-state index is 0.147. The summed E-state index contributed by atoms with van der Waals surface area (Å²) >= 11 is 6.30. The van der Waals surface area contributed by atoms with Gasteiger partial charge < -0.3 is 63.5 Å². The predicted octanol–water partition coefficient (Wildman–Crippen LogP) is 1.43. The van der Waals surface area contributed by atoms with Crippen molar-refractivity contribution in [3.05, 3.63) is 58.7 Å². The van der Waals surface area contributed by atoms with Gasteiger partial charge >= 0.3 is 31.3 Å². The standard InChI is InChI=1S/C29H30ClN5O2.4H3O4P/c1-37-26-9-8-24-28(33-26)27(23-7-6-21(30)16-25(23)32-24)31-22-14-19(17-34-10-2-3-11-34)29(36)20(15-22)18-35-12-4-5-13-35;4*1-5(2,3)4/h6-9,14-16H,2-5,10-13,17-18H2,1H3;4*(H3,1,2,3,4). The Bertz CT molecular complexity index is 2000. The van der Waals surface area contributed by atoms with E-state index in [0.717, 1.165) is 53.9 Å². The molecule has 2 fully saturated rings. The van der Waals surface area contributed by atoms with Crippen LogP contribution in [0.4, 0.5) is 5.69 Å². The lowest BCUT2D eigenvalue weighted by molar-refractivity contribution is -0.112. The van der Waals surface area contributed by atoms with Crippen LogP contribution in [0.25, 0.3) is 21.9 Å². The van der Waals surface area contributed by atoms with Crippen molar-refractivity contribution in [2.75, 3.05) is 46.4 Å². The first-order valence-electron chi connectivity index (χ1n) is 16.1. The molecule has 28 heteroatoms. The van der Waals surface area contributed by atoms with Crippen LogP contribution in [0.2, 0.25) is 5.02 Å². The highest BCUT2D eigenvalue weighted by molar-refractivity contribution is 7.45. The SMILES string of the molecule is COc1ccc2nc3cc(Cl)ccc3c(N=C3C=C(CN4CCCC4)C(=O)C(CN4CCCC4)=C3)c2n1.O=P(O)(O)O.O=P(O)(O)O.O=P(O)(O)O.O=P(O)(O)O. The van der Waals surface area contributed by atoms with E-state index in [0.29, 0.717) is 40.7 Å². The van der Waals surface area contributed by atoms with E-state index in [9.17, 15) is 4.79 Å². The van der Waals surface area contributed by atoms with E-state index in [4.69, 9.17) is 108 Å². The largest absolute Gasteiger partial charge is 0.481 e. The van der Waals surface area contributed by atoms with Gasteiger partial charge in [0.2, 0.25) is 5.88 Å². The summed E-state index contributed by atoms with van der Waals surface area (Å²) in [7, 11) is -17.0. The van der Waals surface area contributed by atoms with Crippen LogP contribution in [0.1, 0.15) is 25.7 Å². The van der Waals surface area contributed by atoms with Crippen molar-refractivity contribution >= 4 is 82.0 Å². The molecule has 1 aromatic carbocycles. The number of hydrogen-bond acceptors (Lipinski definition) is 11. The summed E-state index contributed by atoms with van der Waals surface area (Å²) < 4.78 is 40.9. The molecule has 0 bridgehead atoms. The maximum absolute atomic E-state index is 13.5. The average molecular weight is 908 g/mol. The highest BCUT2D eigenvalue weighted by Gasteiger charge is 2.26. The van der Waals surface area contributed by atoms with Crippen LogP contribution in [0.15, 0.2) is 58.6 Å². The number of halogens is 1. The van der Waals surface area contributed by atoms with Gasteiger partial charge in [0, 0.05) is 40.7 Å². The average Bonchev–Trinajstić information content (AvgIpc) is 3.74. The fourth-order valence-electron chi connectivity index (χ4n) is 5.51. The lowest BCUT2D eigenvalue weighted by Crippen LogP contribution is -2.32. The second-order valence-corrected chi connectivity index (χ2v) is 16.6. The zero-order valence-corrected chi connectivity index (χ0v) is 34.2. The fraction of sp³-hybridized carbons (Fsp3) is 0.379. The summed E-state index contributed by atoms with van der Waals surface area (Å²) in [5, 5.41) is 1.47. The van der Waals surface area contributed by atoms with E-state index >= 15 is 0 Å². The molecule has 2 aliphatic heterocycles. The Kier molecular flexibility index (Phi) is 19.5. The Morgan fingerprint density at radius 2 is 1.09 bits per heavy atom. The molecule has 0 saturated carbocycles. The number of hydrogen-bond donors (Lipinski definition) is 12. The van der Waals surface area contributed by atoms with E-state index < -0.39 is 31.3 Å². The zero-order chi connectivity index (χ0) is 43.4. The molecule has 0 radical (unpaired) electrons. The number of aromatic nitrogens is 2. The van der Waals surface area contributed by atoms with Crippen LogP contribution < -0.4 is 4.74 Å². The van der Waals surface area contributed by atoms with Crippen molar-refractivity contribution in [2.45, 2.75) is 25.7 Å². The maximum atomic E-state index is 13.5. The Hall–Kier alpha value is -2.69. The Labute approximate surface area is 329 Å². The molecule has 0 amide bonds. The predicted molar refractivity (Wildman–Crippen MR) is 205 cm³/mol. The number of phosphoric acid groups is 4. The van der Waals surface area contributed by atoms with Crippen molar-refractivity contribution in [3.8, 4) is 5.88 Å². The highest BCUT2D eigenvalue weighted by atomic mass is 35.5.